The summed E-state index contributed by atoms with van der Waals surface area (Å²) in [4.78, 5) is 17.8. The number of aliphatic hydroxyl groups is 1. The lowest BCUT2D eigenvalue weighted by atomic mass is 10.0. The Kier molecular flexibility index (Phi) is 12.9. The number of hydrogen-bond donors (Lipinski definition) is 2. The predicted octanol–water partition coefficient (Wildman–Crippen LogP) is 4.68. The highest BCUT2D eigenvalue weighted by atomic mass is 32.2. The van der Waals surface area contributed by atoms with Crippen LogP contribution in [-0.2, 0) is 22.6 Å². The van der Waals surface area contributed by atoms with Gasteiger partial charge < -0.3 is 15.2 Å². The van der Waals surface area contributed by atoms with Crippen LogP contribution < -0.4 is 5.32 Å². The standard InChI is InChI=1S/C23H28F2N2O3S/c1-4-6-21(31-3)20(9-8-18-15-26-11-10-19(18)16-28)23(29)27-14-17(13-22(24)25)7-5-12-30-2/h5-7,9-13,15,28H,4,8,14,16H2,1-3H3,(H,27,29)/b12-5+,17-7+,20-9+,21-6+. The summed E-state index contributed by atoms with van der Waals surface area (Å²) in [6, 6.07) is 1.72. The van der Waals surface area contributed by atoms with Crippen LogP contribution in [0.2, 0.25) is 0 Å². The maximum atomic E-state index is 12.9. The van der Waals surface area contributed by atoms with Crippen molar-refractivity contribution in [2.24, 2.45) is 0 Å². The van der Waals surface area contributed by atoms with Gasteiger partial charge in [0, 0.05) is 35.5 Å². The summed E-state index contributed by atoms with van der Waals surface area (Å²) in [5.74, 6) is -0.377. The Bertz CT molecular complexity index is 873. The third-order valence-electron chi connectivity index (χ3n) is 4.09. The number of carbonyl (C=O) groups is 1. The zero-order valence-corrected chi connectivity index (χ0v) is 18.7. The largest absolute Gasteiger partial charge is 0.504 e. The molecule has 31 heavy (non-hydrogen) atoms. The van der Waals surface area contributed by atoms with Gasteiger partial charge in [-0.2, -0.15) is 8.78 Å². The molecule has 0 saturated carbocycles. The third kappa shape index (κ3) is 9.76. The third-order valence-corrected chi connectivity index (χ3v) is 4.92. The van der Waals surface area contributed by atoms with Crippen LogP contribution in [0, 0.1) is 0 Å². The Balaban J connectivity index is 3.13. The van der Waals surface area contributed by atoms with Crippen molar-refractivity contribution >= 4 is 17.7 Å². The molecule has 1 rings (SSSR count). The SMILES string of the molecule is CC/C=C(SC)\C(=C/Cc1cnccc1CO)C(=O)NC/C(C=C(F)F)=C/C=C/OC. The van der Waals surface area contributed by atoms with E-state index in [2.05, 4.69) is 10.3 Å². The second kappa shape index (κ2) is 15.1. The van der Waals surface area contributed by atoms with E-state index in [1.54, 1.807) is 24.5 Å². The lowest BCUT2D eigenvalue weighted by molar-refractivity contribution is -0.117. The number of aliphatic hydroxyl groups excluding tert-OH is 1. The maximum absolute atomic E-state index is 12.9. The van der Waals surface area contributed by atoms with Gasteiger partial charge in [-0.3, -0.25) is 9.78 Å². The molecule has 0 atom stereocenters. The van der Waals surface area contributed by atoms with E-state index < -0.39 is 6.08 Å². The quantitative estimate of drug-likeness (QED) is 0.275. The number of aromatic nitrogens is 1. The van der Waals surface area contributed by atoms with Gasteiger partial charge in [-0.15, -0.1) is 11.8 Å². The number of nitrogens with one attached hydrogen (secondary N) is 1. The molecule has 0 aromatic carbocycles. The van der Waals surface area contributed by atoms with E-state index in [1.165, 1.54) is 37.3 Å². The molecular formula is C23H28F2N2O3S. The van der Waals surface area contributed by atoms with Crippen molar-refractivity contribution in [3.63, 3.8) is 0 Å². The van der Waals surface area contributed by atoms with E-state index in [4.69, 9.17) is 4.74 Å². The van der Waals surface area contributed by atoms with Crippen molar-refractivity contribution in [3.05, 3.63) is 88.4 Å². The van der Waals surface area contributed by atoms with Crippen LogP contribution in [0.25, 0.3) is 0 Å². The van der Waals surface area contributed by atoms with Gasteiger partial charge in [-0.1, -0.05) is 25.2 Å². The smallest absolute Gasteiger partial charge is 0.270 e. The average Bonchev–Trinajstić information content (AvgIpc) is 2.76. The molecule has 1 heterocycles. The molecule has 8 heteroatoms. The summed E-state index contributed by atoms with van der Waals surface area (Å²) in [6.45, 7) is 1.76. The van der Waals surface area contributed by atoms with Gasteiger partial charge in [-0.25, -0.2) is 0 Å². The minimum atomic E-state index is -1.86. The number of pyridine rings is 1. The molecule has 0 spiro atoms. The first kappa shape index (κ1) is 26.3. The number of methoxy groups -OCH3 is 1. The lowest BCUT2D eigenvalue weighted by Gasteiger charge is -2.12. The molecule has 2 N–H and O–H groups in total. The van der Waals surface area contributed by atoms with Gasteiger partial charge in [0.05, 0.1) is 20.0 Å². The molecule has 0 saturated heterocycles. The number of halogens is 2. The van der Waals surface area contributed by atoms with Crippen LogP contribution in [0.15, 0.2) is 77.2 Å². The first-order valence-electron chi connectivity index (χ1n) is 9.63. The number of nitrogens with zero attached hydrogens (tertiary/aromatic N) is 1. The Morgan fingerprint density at radius 1 is 1.32 bits per heavy atom. The Morgan fingerprint density at radius 2 is 2.10 bits per heavy atom. The second-order valence-electron chi connectivity index (χ2n) is 6.23. The summed E-state index contributed by atoms with van der Waals surface area (Å²) in [5, 5.41) is 12.2. The Labute approximate surface area is 186 Å². The average molecular weight is 451 g/mol. The minimum absolute atomic E-state index is 0.0792. The summed E-state index contributed by atoms with van der Waals surface area (Å²) >= 11 is 1.43. The number of ether oxygens (including phenoxy) is 1. The molecule has 1 aromatic heterocycles. The van der Waals surface area contributed by atoms with Crippen LogP contribution >= 0.6 is 11.8 Å². The number of thioether (sulfide) groups is 1. The molecule has 0 aliphatic rings. The van der Waals surface area contributed by atoms with E-state index in [1.807, 2.05) is 19.3 Å². The van der Waals surface area contributed by atoms with Gasteiger partial charge >= 0.3 is 0 Å². The number of carbonyl (C=O) groups excluding carboxylic acids is 1. The Morgan fingerprint density at radius 3 is 2.71 bits per heavy atom. The fraction of sp³-hybridized carbons (Fsp3) is 0.304. The van der Waals surface area contributed by atoms with E-state index in [0.29, 0.717) is 18.1 Å². The van der Waals surface area contributed by atoms with Crippen molar-refractivity contribution in [2.45, 2.75) is 26.4 Å². The molecule has 5 nitrogen and oxygen atoms in total. The molecule has 0 unspecified atom stereocenters. The van der Waals surface area contributed by atoms with E-state index in [0.717, 1.165) is 22.5 Å². The first-order valence-corrected chi connectivity index (χ1v) is 10.9. The van der Waals surface area contributed by atoms with E-state index >= 15 is 0 Å². The van der Waals surface area contributed by atoms with Gasteiger partial charge in [0.1, 0.15) is 0 Å². The van der Waals surface area contributed by atoms with E-state index in [-0.39, 0.29) is 24.6 Å². The van der Waals surface area contributed by atoms with Gasteiger partial charge in [0.25, 0.3) is 12.0 Å². The number of amides is 1. The molecule has 0 aliphatic carbocycles. The number of hydrogen-bond acceptors (Lipinski definition) is 5. The van der Waals surface area contributed by atoms with Crippen LogP contribution in [0.5, 0.6) is 0 Å². The molecule has 0 fully saturated rings. The monoisotopic (exact) mass is 450 g/mol. The molecular weight excluding hydrogens is 422 g/mol. The van der Waals surface area contributed by atoms with Crippen LogP contribution in [0.1, 0.15) is 24.5 Å². The molecule has 0 aliphatic heterocycles. The van der Waals surface area contributed by atoms with Gasteiger partial charge in [0.2, 0.25) is 0 Å². The highest BCUT2D eigenvalue weighted by Gasteiger charge is 2.14. The minimum Gasteiger partial charge on any atom is -0.504 e. The van der Waals surface area contributed by atoms with Crippen molar-refractivity contribution in [3.8, 4) is 0 Å². The van der Waals surface area contributed by atoms with Crippen molar-refractivity contribution < 1.29 is 23.4 Å². The Hall–Kier alpha value is -2.71. The van der Waals surface area contributed by atoms with Crippen molar-refractivity contribution in [1.29, 1.82) is 0 Å². The normalized spacial score (nSPS) is 12.8. The van der Waals surface area contributed by atoms with Crippen molar-refractivity contribution in [1.82, 2.24) is 10.3 Å². The molecule has 1 aromatic rings. The highest BCUT2D eigenvalue weighted by molar-refractivity contribution is 8.02. The summed E-state index contributed by atoms with van der Waals surface area (Å²) in [5.41, 5.74) is 2.20. The fourth-order valence-corrected chi connectivity index (χ4v) is 3.35. The van der Waals surface area contributed by atoms with Crippen LogP contribution in [-0.4, -0.2) is 35.9 Å². The topological polar surface area (TPSA) is 71.5 Å². The van der Waals surface area contributed by atoms with Crippen molar-refractivity contribution in [2.75, 3.05) is 19.9 Å². The van der Waals surface area contributed by atoms with Gasteiger partial charge in [0.15, 0.2) is 0 Å². The fourth-order valence-electron chi connectivity index (χ4n) is 2.62. The summed E-state index contributed by atoms with van der Waals surface area (Å²) in [6.07, 6.45) is 13.0. The van der Waals surface area contributed by atoms with Crippen LogP contribution in [0.4, 0.5) is 8.78 Å². The molecule has 1 amide bonds. The lowest BCUT2D eigenvalue weighted by Crippen LogP contribution is -2.27. The number of rotatable bonds is 12. The summed E-state index contributed by atoms with van der Waals surface area (Å²) in [7, 11) is 1.45. The van der Waals surface area contributed by atoms with Crippen LogP contribution in [0.3, 0.4) is 0 Å². The van der Waals surface area contributed by atoms with Gasteiger partial charge in [-0.05, 0) is 47.9 Å². The highest BCUT2D eigenvalue weighted by Crippen LogP contribution is 2.24. The zero-order chi connectivity index (χ0) is 23.1. The number of allylic oxidation sites excluding steroid dienone is 4. The first-order chi connectivity index (χ1) is 15.0. The molecule has 168 valence electrons. The predicted molar refractivity (Wildman–Crippen MR) is 121 cm³/mol. The second-order valence-corrected chi connectivity index (χ2v) is 7.08. The maximum Gasteiger partial charge on any atom is 0.270 e. The molecule has 0 radical (unpaired) electrons. The van der Waals surface area contributed by atoms with E-state index in [9.17, 15) is 18.7 Å². The molecule has 0 bridgehead atoms. The summed E-state index contributed by atoms with van der Waals surface area (Å²) < 4.78 is 30.2. The zero-order valence-electron chi connectivity index (χ0n) is 17.9.